The molecule has 0 aliphatic carbocycles. The number of rotatable bonds is 7. The summed E-state index contributed by atoms with van der Waals surface area (Å²) in [5, 5.41) is 5.64. The Labute approximate surface area is 151 Å². The number of anilines is 1. The smallest absolute Gasteiger partial charge is 0.251 e. The molecule has 0 aliphatic heterocycles. The van der Waals surface area contributed by atoms with Gasteiger partial charge in [0.2, 0.25) is 5.91 Å². The van der Waals surface area contributed by atoms with Crippen LogP contribution in [-0.4, -0.2) is 23.3 Å². The summed E-state index contributed by atoms with van der Waals surface area (Å²) < 4.78 is 5.22. The van der Waals surface area contributed by atoms with Gasteiger partial charge in [0.1, 0.15) is 0 Å². The summed E-state index contributed by atoms with van der Waals surface area (Å²) in [6.07, 6.45) is 3.92. The standard InChI is InChI=1S/C20H19N3O3/c24-19(7-4-12-22-20(25)16-5-2-1-3-6-16)23-17-10-8-15(9-11-17)18-13-21-14-26-18/h1-3,5-6,8-11,13-14H,4,7,12H2,(H,22,25)(H,23,24). The molecule has 0 radical (unpaired) electrons. The number of hydrogen-bond acceptors (Lipinski definition) is 4. The molecular formula is C20H19N3O3. The quantitative estimate of drug-likeness (QED) is 0.640. The van der Waals surface area contributed by atoms with Crippen molar-refractivity contribution in [2.24, 2.45) is 0 Å². The Kier molecular flexibility index (Phi) is 5.77. The van der Waals surface area contributed by atoms with E-state index in [1.165, 1.54) is 6.39 Å². The maximum Gasteiger partial charge on any atom is 0.251 e. The minimum atomic E-state index is -0.131. The van der Waals surface area contributed by atoms with Gasteiger partial charge in [0.15, 0.2) is 12.2 Å². The number of hydrogen-bond donors (Lipinski definition) is 2. The summed E-state index contributed by atoms with van der Waals surface area (Å²) in [7, 11) is 0. The number of amides is 2. The topological polar surface area (TPSA) is 84.2 Å². The number of aromatic nitrogens is 1. The molecule has 132 valence electrons. The van der Waals surface area contributed by atoms with E-state index in [4.69, 9.17) is 4.42 Å². The summed E-state index contributed by atoms with van der Waals surface area (Å²) in [4.78, 5) is 27.8. The van der Waals surface area contributed by atoms with Gasteiger partial charge in [0.25, 0.3) is 5.91 Å². The molecule has 2 aromatic carbocycles. The Balaban J connectivity index is 1.39. The van der Waals surface area contributed by atoms with Crippen molar-refractivity contribution >= 4 is 17.5 Å². The van der Waals surface area contributed by atoms with Crippen LogP contribution < -0.4 is 10.6 Å². The Morgan fingerprint density at radius 3 is 2.46 bits per heavy atom. The number of carbonyl (C=O) groups is 2. The van der Waals surface area contributed by atoms with Crippen LogP contribution in [0.2, 0.25) is 0 Å². The molecule has 0 fully saturated rings. The first-order valence-electron chi connectivity index (χ1n) is 8.34. The van der Waals surface area contributed by atoms with Crippen molar-refractivity contribution in [2.75, 3.05) is 11.9 Å². The van der Waals surface area contributed by atoms with Crippen molar-refractivity contribution in [1.82, 2.24) is 10.3 Å². The van der Waals surface area contributed by atoms with Gasteiger partial charge in [-0.15, -0.1) is 0 Å². The first-order valence-corrected chi connectivity index (χ1v) is 8.34. The molecule has 26 heavy (non-hydrogen) atoms. The summed E-state index contributed by atoms with van der Waals surface area (Å²) >= 11 is 0. The van der Waals surface area contributed by atoms with Crippen molar-refractivity contribution in [3.8, 4) is 11.3 Å². The molecule has 0 aliphatic rings. The maximum absolute atomic E-state index is 12.0. The monoisotopic (exact) mass is 349 g/mol. The van der Waals surface area contributed by atoms with Crippen molar-refractivity contribution in [1.29, 1.82) is 0 Å². The Morgan fingerprint density at radius 1 is 1.00 bits per heavy atom. The Bertz CT molecular complexity index is 844. The van der Waals surface area contributed by atoms with Crippen LogP contribution >= 0.6 is 0 Å². The summed E-state index contributed by atoms with van der Waals surface area (Å²) in [6.45, 7) is 0.450. The van der Waals surface area contributed by atoms with E-state index in [9.17, 15) is 9.59 Å². The lowest BCUT2D eigenvalue weighted by molar-refractivity contribution is -0.116. The first-order chi connectivity index (χ1) is 12.7. The Morgan fingerprint density at radius 2 is 1.77 bits per heavy atom. The van der Waals surface area contributed by atoms with E-state index in [-0.39, 0.29) is 11.8 Å². The van der Waals surface area contributed by atoms with Crippen molar-refractivity contribution < 1.29 is 14.0 Å². The number of nitrogens with zero attached hydrogens (tertiary/aromatic N) is 1. The van der Waals surface area contributed by atoms with E-state index < -0.39 is 0 Å². The van der Waals surface area contributed by atoms with Gasteiger partial charge in [-0.1, -0.05) is 18.2 Å². The fraction of sp³-hybridized carbons (Fsp3) is 0.150. The van der Waals surface area contributed by atoms with Crippen LogP contribution in [0, 0.1) is 0 Å². The predicted molar refractivity (Wildman–Crippen MR) is 98.6 cm³/mol. The van der Waals surface area contributed by atoms with Crippen molar-refractivity contribution in [3.63, 3.8) is 0 Å². The molecule has 2 N–H and O–H groups in total. The predicted octanol–water partition coefficient (Wildman–Crippen LogP) is 3.49. The van der Waals surface area contributed by atoms with Gasteiger partial charge < -0.3 is 15.1 Å². The van der Waals surface area contributed by atoms with Gasteiger partial charge >= 0.3 is 0 Å². The third-order valence-electron chi connectivity index (χ3n) is 3.79. The van der Waals surface area contributed by atoms with Crippen molar-refractivity contribution in [2.45, 2.75) is 12.8 Å². The fourth-order valence-corrected chi connectivity index (χ4v) is 2.44. The van der Waals surface area contributed by atoms with Crippen LogP contribution in [0.25, 0.3) is 11.3 Å². The van der Waals surface area contributed by atoms with E-state index in [0.29, 0.717) is 36.4 Å². The highest BCUT2D eigenvalue weighted by Gasteiger charge is 2.06. The normalized spacial score (nSPS) is 10.3. The van der Waals surface area contributed by atoms with Gasteiger partial charge in [-0.3, -0.25) is 9.59 Å². The van der Waals surface area contributed by atoms with E-state index >= 15 is 0 Å². The van der Waals surface area contributed by atoms with Gasteiger partial charge in [0.05, 0.1) is 6.20 Å². The zero-order chi connectivity index (χ0) is 18.2. The molecule has 6 heteroatoms. The number of oxazole rings is 1. The molecule has 1 heterocycles. The second kappa shape index (κ2) is 8.62. The molecule has 2 amide bonds. The molecule has 0 bridgehead atoms. The van der Waals surface area contributed by atoms with Gasteiger partial charge in [-0.25, -0.2) is 4.98 Å². The van der Waals surface area contributed by atoms with Gasteiger partial charge in [0, 0.05) is 29.8 Å². The van der Waals surface area contributed by atoms with Crippen LogP contribution in [0.15, 0.2) is 71.6 Å². The van der Waals surface area contributed by atoms with Crippen molar-refractivity contribution in [3.05, 3.63) is 72.8 Å². The highest BCUT2D eigenvalue weighted by atomic mass is 16.3. The zero-order valence-corrected chi connectivity index (χ0v) is 14.1. The fourth-order valence-electron chi connectivity index (χ4n) is 2.44. The van der Waals surface area contributed by atoms with E-state index in [0.717, 1.165) is 5.56 Å². The van der Waals surface area contributed by atoms with E-state index in [1.807, 2.05) is 42.5 Å². The lowest BCUT2D eigenvalue weighted by Gasteiger charge is -2.07. The number of nitrogens with one attached hydrogen (secondary N) is 2. The van der Waals surface area contributed by atoms with Gasteiger partial charge in [-0.05, 0) is 42.8 Å². The summed E-state index contributed by atoms with van der Waals surface area (Å²) in [5.74, 6) is 0.456. The average Bonchev–Trinajstić information content (AvgIpc) is 3.21. The second-order valence-corrected chi connectivity index (χ2v) is 5.72. The molecule has 0 spiro atoms. The van der Waals surface area contributed by atoms with Crippen LogP contribution in [0.1, 0.15) is 23.2 Å². The highest BCUT2D eigenvalue weighted by molar-refractivity contribution is 5.94. The molecule has 0 atom stereocenters. The SMILES string of the molecule is O=C(CCCNC(=O)c1ccccc1)Nc1ccc(-c2cnco2)cc1. The molecular weight excluding hydrogens is 330 g/mol. The summed E-state index contributed by atoms with van der Waals surface area (Å²) in [6, 6.07) is 16.3. The number of carbonyl (C=O) groups excluding carboxylic acids is 2. The van der Waals surface area contributed by atoms with Crippen LogP contribution in [0.5, 0.6) is 0 Å². The third kappa shape index (κ3) is 4.80. The lowest BCUT2D eigenvalue weighted by atomic mass is 10.1. The highest BCUT2D eigenvalue weighted by Crippen LogP contribution is 2.20. The lowest BCUT2D eigenvalue weighted by Crippen LogP contribution is -2.25. The zero-order valence-electron chi connectivity index (χ0n) is 14.1. The second-order valence-electron chi connectivity index (χ2n) is 5.72. The molecule has 1 aromatic heterocycles. The molecule has 6 nitrogen and oxygen atoms in total. The maximum atomic E-state index is 12.0. The minimum Gasteiger partial charge on any atom is -0.444 e. The first kappa shape index (κ1) is 17.4. The molecule has 0 saturated carbocycles. The van der Waals surface area contributed by atoms with Crippen LogP contribution in [0.3, 0.4) is 0 Å². The third-order valence-corrected chi connectivity index (χ3v) is 3.79. The average molecular weight is 349 g/mol. The van der Waals surface area contributed by atoms with Crippen LogP contribution in [-0.2, 0) is 4.79 Å². The summed E-state index contributed by atoms with van der Waals surface area (Å²) in [5.41, 5.74) is 2.22. The largest absolute Gasteiger partial charge is 0.444 e. The van der Waals surface area contributed by atoms with E-state index in [2.05, 4.69) is 15.6 Å². The molecule has 3 rings (SSSR count). The Hall–Kier alpha value is -3.41. The number of benzene rings is 2. The molecule has 0 unspecified atom stereocenters. The molecule has 3 aromatic rings. The molecule has 0 saturated heterocycles. The van der Waals surface area contributed by atoms with Gasteiger partial charge in [-0.2, -0.15) is 0 Å². The minimum absolute atomic E-state index is 0.0913. The van der Waals surface area contributed by atoms with E-state index in [1.54, 1.807) is 18.3 Å². The van der Waals surface area contributed by atoms with Crippen LogP contribution in [0.4, 0.5) is 5.69 Å².